The van der Waals surface area contributed by atoms with Gasteiger partial charge in [-0.3, -0.25) is 0 Å². The zero-order chi connectivity index (χ0) is 29.9. The summed E-state index contributed by atoms with van der Waals surface area (Å²) in [7, 11) is 0. The summed E-state index contributed by atoms with van der Waals surface area (Å²) in [5.41, 5.74) is 6.11. The molecule has 2 aliphatic rings. The second-order valence-electron chi connectivity index (χ2n) is 11.5. The molecule has 2 saturated heterocycles. The van der Waals surface area contributed by atoms with E-state index < -0.39 is 12.4 Å². The van der Waals surface area contributed by atoms with Crippen molar-refractivity contribution in [2.45, 2.75) is 70.2 Å². The molecule has 3 atom stereocenters. The molecule has 1 amide bonds. The molecule has 43 heavy (non-hydrogen) atoms. The van der Waals surface area contributed by atoms with Crippen LogP contribution in [-0.2, 0) is 27.4 Å². The summed E-state index contributed by atoms with van der Waals surface area (Å²) in [5.74, 6) is 0. The van der Waals surface area contributed by atoms with E-state index in [4.69, 9.17) is 14.2 Å². The van der Waals surface area contributed by atoms with Crippen molar-refractivity contribution in [3.63, 3.8) is 0 Å². The van der Waals surface area contributed by atoms with Crippen molar-refractivity contribution in [3.05, 3.63) is 108 Å². The number of carbonyl (C=O) groups excluding carboxylic acids is 1. The van der Waals surface area contributed by atoms with Crippen LogP contribution in [-0.4, -0.2) is 48.4 Å². The van der Waals surface area contributed by atoms with Crippen LogP contribution >= 0.6 is 0 Å². The Labute approximate surface area is 255 Å². The molecule has 3 aromatic carbocycles. The topological polar surface area (TPSA) is 80.3 Å². The number of likely N-dealkylation sites (tertiary alicyclic amines) is 1. The van der Waals surface area contributed by atoms with Crippen molar-refractivity contribution in [2.24, 2.45) is 0 Å². The van der Waals surface area contributed by atoms with Gasteiger partial charge in [-0.05, 0) is 59.8 Å². The normalized spacial score (nSPS) is 21.4. The molecule has 5 rings (SSSR count). The number of hydrogen-bond donors (Lipinski definition) is 2. The minimum absolute atomic E-state index is 0.0309. The van der Waals surface area contributed by atoms with Crippen LogP contribution in [0.5, 0.6) is 0 Å². The Morgan fingerprint density at radius 2 is 1.63 bits per heavy atom. The molecular weight excluding hydrogens is 540 g/mol. The summed E-state index contributed by atoms with van der Waals surface area (Å²) in [4.78, 5) is 14.4. The number of amides is 1. The number of carbonyl (C=O) groups is 1. The highest BCUT2D eigenvalue weighted by Crippen LogP contribution is 2.39. The standard InChI is InChI=1S/C36H44N2O5/c1-2-21-41-36(40)37-24-28-9-8-10-32(22-28)29-15-17-31(18-16-29)35-42-33(25-38-19-6-4-3-5-7-20-38)23-34(43-35)30-13-11-27(26-39)12-14-30/h2,8-18,22,33-35,39H,1,3-7,19-21,23-26H2,(H,37,40). The number of ether oxygens (including phenoxy) is 3. The molecular formula is C36H44N2O5. The average Bonchev–Trinajstić information content (AvgIpc) is 3.04. The van der Waals surface area contributed by atoms with Crippen LogP contribution in [0.4, 0.5) is 4.79 Å². The predicted octanol–water partition coefficient (Wildman–Crippen LogP) is 7.07. The lowest BCUT2D eigenvalue weighted by Crippen LogP contribution is -2.40. The first-order valence-electron chi connectivity index (χ1n) is 15.5. The maximum absolute atomic E-state index is 11.8. The summed E-state index contributed by atoms with van der Waals surface area (Å²) in [5, 5.41) is 12.3. The van der Waals surface area contributed by atoms with Crippen molar-refractivity contribution in [3.8, 4) is 11.1 Å². The average molecular weight is 585 g/mol. The molecule has 7 heteroatoms. The largest absolute Gasteiger partial charge is 0.445 e. The summed E-state index contributed by atoms with van der Waals surface area (Å²) < 4.78 is 18.2. The number of alkyl carbamates (subject to hydrolysis) is 1. The number of nitrogens with zero attached hydrogens (tertiary/aromatic N) is 1. The zero-order valence-corrected chi connectivity index (χ0v) is 25.0. The number of hydrogen-bond acceptors (Lipinski definition) is 6. The lowest BCUT2D eigenvalue weighted by molar-refractivity contribution is -0.253. The van der Waals surface area contributed by atoms with Gasteiger partial charge in [0.2, 0.25) is 0 Å². The first kappa shape index (κ1) is 31.0. The van der Waals surface area contributed by atoms with Gasteiger partial charge in [-0.15, -0.1) is 0 Å². The van der Waals surface area contributed by atoms with E-state index in [9.17, 15) is 9.90 Å². The van der Waals surface area contributed by atoms with Crippen molar-refractivity contribution < 1.29 is 24.1 Å². The fourth-order valence-corrected chi connectivity index (χ4v) is 5.87. The fraction of sp³-hybridized carbons (Fsp3) is 0.417. The van der Waals surface area contributed by atoms with Gasteiger partial charge in [-0.25, -0.2) is 4.79 Å². The lowest BCUT2D eigenvalue weighted by Gasteiger charge is -2.38. The van der Waals surface area contributed by atoms with E-state index in [1.807, 2.05) is 24.3 Å². The van der Waals surface area contributed by atoms with Gasteiger partial charge in [-0.2, -0.15) is 0 Å². The molecule has 0 radical (unpaired) electrons. The molecule has 2 fully saturated rings. The van der Waals surface area contributed by atoms with Crippen LogP contribution in [0.25, 0.3) is 11.1 Å². The van der Waals surface area contributed by atoms with E-state index in [1.54, 1.807) is 6.08 Å². The van der Waals surface area contributed by atoms with Gasteiger partial charge in [0, 0.05) is 25.1 Å². The third-order valence-corrected chi connectivity index (χ3v) is 8.24. The predicted molar refractivity (Wildman–Crippen MR) is 168 cm³/mol. The minimum atomic E-state index is -0.470. The molecule has 0 saturated carbocycles. The molecule has 3 unspecified atom stereocenters. The van der Waals surface area contributed by atoms with Crippen LogP contribution < -0.4 is 5.32 Å². The molecule has 2 heterocycles. The first-order valence-corrected chi connectivity index (χ1v) is 15.5. The number of aliphatic hydroxyl groups excluding tert-OH is 1. The molecule has 7 nitrogen and oxygen atoms in total. The van der Waals surface area contributed by atoms with Crippen molar-refractivity contribution in [1.29, 1.82) is 0 Å². The number of aliphatic hydroxyl groups is 1. The van der Waals surface area contributed by atoms with Gasteiger partial charge in [0.25, 0.3) is 0 Å². The quantitative estimate of drug-likeness (QED) is 0.248. The molecule has 0 aromatic heterocycles. The summed E-state index contributed by atoms with van der Waals surface area (Å²) in [6.07, 6.45) is 7.83. The number of nitrogens with one attached hydrogen (secondary N) is 1. The van der Waals surface area contributed by atoms with Crippen LogP contribution in [0.3, 0.4) is 0 Å². The van der Waals surface area contributed by atoms with Crippen molar-refractivity contribution in [1.82, 2.24) is 10.2 Å². The van der Waals surface area contributed by atoms with E-state index in [-0.39, 0.29) is 25.4 Å². The monoisotopic (exact) mass is 584 g/mol. The molecule has 228 valence electrons. The summed E-state index contributed by atoms with van der Waals surface area (Å²) in [6.45, 7) is 7.31. The van der Waals surface area contributed by atoms with E-state index >= 15 is 0 Å². The van der Waals surface area contributed by atoms with Gasteiger partial charge in [0.15, 0.2) is 6.29 Å². The van der Waals surface area contributed by atoms with E-state index in [2.05, 4.69) is 65.3 Å². The molecule has 0 aliphatic carbocycles. The third-order valence-electron chi connectivity index (χ3n) is 8.24. The smallest absolute Gasteiger partial charge is 0.407 e. The SMILES string of the molecule is C=CCOC(=O)NCc1cccc(-c2ccc(C3OC(CN4CCCCCCC4)CC(c4ccc(CO)cc4)O3)cc2)c1. The molecule has 2 N–H and O–H groups in total. The molecule has 2 aliphatic heterocycles. The molecule has 0 spiro atoms. The Kier molecular flexibility index (Phi) is 11.4. The summed E-state index contributed by atoms with van der Waals surface area (Å²) >= 11 is 0. The Balaban J connectivity index is 1.29. The number of rotatable bonds is 10. The van der Waals surface area contributed by atoms with Gasteiger partial charge in [0.1, 0.15) is 6.61 Å². The third kappa shape index (κ3) is 9.00. The van der Waals surface area contributed by atoms with Crippen LogP contribution in [0.1, 0.15) is 73.2 Å². The van der Waals surface area contributed by atoms with Crippen molar-refractivity contribution >= 4 is 6.09 Å². The first-order chi connectivity index (χ1) is 21.1. The van der Waals surface area contributed by atoms with Gasteiger partial charge in [0.05, 0.1) is 18.8 Å². The zero-order valence-electron chi connectivity index (χ0n) is 25.0. The second-order valence-corrected chi connectivity index (χ2v) is 11.5. The van der Waals surface area contributed by atoms with Gasteiger partial charge < -0.3 is 29.5 Å². The molecule has 3 aromatic rings. The highest BCUT2D eigenvalue weighted by molar-refractivity contribution is 5.68. The maximum atomic E-state index is 11.8. The summed E-state index contributed by atoms with van der Waals surface area (Å²) in [6, 6.07) is 24.5. The number of benzene rings is 3. The Morgan fingerprint density at radius 3 is 2.35 bits per heavy atom. The van der Waals surface area contributed by atoms with E-state index in [1.165, 1.54) is 32.1 Å². The van der Waals surface area contributed by atoms with Crippen LogP contribution in [0, 0.1) is 0 Å². The van der Waals surface area contributed by atoms with Gasteiger partial charge >= 0.3 is 6.09 Å². The van der Waals surface area contributed by atoms with Gasteiger partial charge in [-0.1, -0.05) is 98.6 Å². The maximum Gasteiger partial charge on any atom is 0.407 e. The van der Waals surface area contributed by atoms with Crippen LogP contribution in [0.15, 0.2) is 85.5 Å². The lowest BCUT2D eigenvalue weighted by atomic mass is 9.98. The van der Waals surface area contributed by atoms with E-state index in [0.29, 0.717) is 6.54 Å². The highest BCUT2D eigenvalue weighted by atomic mass is 16.7. The molecule has 0 bridgehead atoms. The Morgan fingerprint density at radius 1 is 0.907 bits per heavy atom. The Hall–Kier alpha value is -3.49. The van der Waals surface area contributed by atoms with Crippen molar-refractivity contribution in [2.75, 3.05) is 26.2 Å². The fourth-order valence-electron chi connectivity index (χ4n) is 5.87. The highest BCUT2D eigenvalue weighted by Gasteiger charge is 2.33. The minimum Gasteiger partial charge on any atom is -0.445 e. The second kappa shape index (κ2) is 15.8. The van der Waals surface area contributed by atoms with E-state index in [0.717, 1.165) is 59.4 Å². The van der Waals surface area contributed by atoms with Crippen LogP contribution in [0.2, 0.25) is 0 Å². The Bertz CT molecular complexity index is 1300.